The van der Waals surface area contributed by atoms with Gasteiger partial charge in [-0.05, 0) is 29.3 Å². The molecule has 11 heteroatoms. The largest absolute Gasteiger partial charge is 0.616 e. The molecule has 0 spiro atoms. The van der Waals surface area contributed by atoms with Gasteiger partial charge in [-0.1, -0.05) is 40.4 Å². The lowest BCUT2D eigenvalue weighted by molar-refractivity contribution is 0.297. The van der Waals surface area contributed by atoms with Gasteiger partial charge in [0.15, 0.2) is 11.3 Å². The predicted molar refractivity (Wildman–Crippen MR) is 111 cm³/mol. The highest BCUT2D eigenvalue weighted by Crippen LogP contribution is 2.30. The highest BCUT2D eigenvalue weighted by Gasteiger charge is 2.24. The normalized spacial score (nSPS) is 15.2. The van der Waals surface area contributed by atoms with Crippen molar-refractivity contribution in [2.24, 2.45) is 0 Å². The SMILES string of the molecule is [O-][S+]1CCN(c2nc(Cl)nc3c(OCc4ccc(Cl)c(Cl)c4)ncnc23)CC1. The molecule has 0 amide bonds. The molecule has 1 saturated heterocycles. The molecule has 0 radical (unpaired) electrons. The van der Waals surface area contributed by atoms with Crippen LogP contribution >= 0.6 is 34.8 Å². The monoisotopic (exact) mass is 457 g/mol. The maximum Gasteiger partial charge on any atom is 0.244 e. The molecular formula is C17H14Cl3N5O2S. The first-order valence-electron chi connectivity index (χ1n) is 8.36. The molecule has 3 aromatic rings. The number of fused-ring (bicyclic) bond motifs is 1. The van der Waals surface area contributed by atoms with Crippen LogP contribution in [0.3, 0.4) is 0 Å². The average Bonchev–Trinajstić information content (AvgIpc) is 2.69. The van der Waals surface area contributed by atoms with Crippen molar-refractivity contribution in [3.05, 3.63) is 45.4 Å². The Bertz CT molecular complexity index is 1020. The Balaban J connectivity index is 1.65. The van der Waals surface area contributed by atoms with Gasteiger partial charge in [0.2, 0.25) is 11.2 Å². The Labute approximate surface area is 179 Å². The zero-order valence-electron chi connectivity index (χ0n) is 14.4. The summed E-state index contributed by atoms with van der Waals surface area (Å²) in [5.41, 5.74) is 1.79. The van der Waals surface area contributed by atoms with E-state index in [0.29, 0.717) is 57.4 Å². The number of rotatable bonds is 4. The molecule has 0 saturated carbocycles. The van der Waals surface area contributed by atoms with E-state index in [2.05, 4.69) is 19.9 Å². The van der Waals surface area contributed by atoms with Gasteiger partial charge < -0.3 is 14.2 Å². The summed E-state index contributed by atoms with van der Waals surface area (Å²) in [4.78, 5) is 19.1. The van der Waals surface area contributed by atoms with Crippen molar-refractivity contribution in [2.45, 2.75) is 6.61 Å². The van der Waals surface area contributed by atoms with Crippen LogP contribution in [0.5, 0.6) is 5.88 Å². The Morgan fingerprint density at radius 1 is 1.04 bits per heavy atom. The predicted octanol–water partition coefficient (Wildman–Crippen LogP) is 3.53. The number of nitrogens with zero attached hydrogens (tertiary/aromatic N) is 5. The van der Waals surface area contributed by atoms with Crippen LogP contribution in [0.25, 0.3) is 11.0 Å². The minimum absolute atomic E-state index is 0.0726. The Morgan fingerprint density at radius 2 is 1.82 bits per heavy atom. The van der Waals surface area contributed by atoms with Crippen LogP contribution in [0, 0.1) is 0 Å². The van der Waals surface area contributed by atoms with Crippen molar-refractivity contribution in [1.29, 1.82) is 0 Å². The number of anilines is 1. The third kappa shape index (κ3) is 4.21. The topological polar surface area (TPSA) is 87.1 Å². The highest BCUT2D eigenvalue weighted by atomic mass is 35.5. The molecule has 1 aromatic carbocycles. The number of aromatic nitrogens is 4. The van der Waals surface area contributed by atoms with Gasteiger partial charge in [0.1, 0.15) is 30.0 Å². The summed E-state index contributed by atoms with van der Waals surface area (Å²) in [5.74, 6) is 2.04. The van der Waals surface area contributed by atoms with E-state index in [1.54, 1.807) is 12.1 Å². The van der Waals surface area contributed by atoms with E-state index in [1.807, 2.05) is 11.0 Å². The van der Waals surface area contributed by atoms with Crippen LogP contribution in [-0.4, -0.2) is 49.1 Å². The van der Waals surface area contributed by atoms with Crippen molar-refractivity contribution < 1.29 is 9.29 Å². The second-order valence-corrected chi connectivity index (χ2v) is 8.91. The standard InChI is InChI=1S/C17H14Cl3N5O2S/c18-11-2-1-10(7-12(11)19)8-27-16-14-13(21-9-22-16)15(24-17(20)23-14)25-3-5-28(26)6-4-25/h1-2,7,9H,3-6,8H2. The first-order chi connectivity index (χ1) is 13.5. The molecule has 146 valence electrons. The summed E-state index contributed by atoms with van der Waals surface area (Å²) in [6.07, 6.45) is 1.40. The molecule has 0 N–H and O–H groups in total. The molecule has 4 rings (SSSR count). The fraction of sp³-hybridized carbons (Fsp3) is 0.294. The number of hydrogen-bond acceptors (Lipinski definition) is 7. The smallest absolute Gasteiger partial charge is 0.244 e. The number of benzene rings is 1. The molecule has 1 aliphatic heterocycles. The van der Waals surface area contributed by atoms with Crippen LogP contribution in [0.15, 0.2) is 24.5 Å². The van der Waals surface area contributed by atoms with Gasteiger partial charge in [-0.2, -0.15) is 9.97 Å². The summed E-state index contributed by atoms with van der Waals surface area (Å²) >= 11 is 17.3. The van der Waals surface area contributed by atoms with Crippen LogP contribution in [0.4, 0.5) is 5.82 Å². The van der Waals surface area contributed by atoms with E-state index in [-0.39, 0.29) is 11.9 Å². The second-order valence-electron chi connectivity index (χ2n) is 6.06. The van der Waals surface area contributed by atoms with Crippen LogP contribution < -0.4 is 9.64 Å². The third-order valence-corrected chi connectivity index (χ3v) is 6.42. The third-order valence-electron chi connectivity index (χ3n) is 4.24. The Morgan fingerprint density at radius 3 is 2.57 bits per heavy atom. The van der Waals surface area contributed by atoms with Gasteiger partial charge in [0.25, 0.3) is 0 Å². The Hall–Kier alpha value is -1.58. The molecule has 0 atom stereocenters. The maximum atomic E-state index is 11.7. The average molecular weight is 459 g/mol. The lowest BCUT2D eigenvalue weighted by Crippen LogP contribution is -2.41. The molecule has 0 unspecified atom stereocenters. The van der Waals surface area contributed by atoms with E-state index in [0.717, 1.165) is 5.56 Å². The van der Waals surface area contributed by atoms with Crippen LogP contribution in [0.1, 0.15) is 5.56 Å². The van der Waals surface area contributed by atoms with Gasteiger partial charge >= 0.3 is 0 Å². The van der Waals surface area contributed by atoms with Gasteiger partial charge in [-0.15, -0.1) is 0 Å². The second kappa shape index (κ2) is 8.42. The minimum Gasteiger partial charge on any atom is -0.616 e. The molecule has 0 aliphatic carbocycles. The lowest BCUT2D eigenvalue weighted by atomic mass is 10.2. The van der Waals surface area contributed by atoms with Crippen molar-refractivity contribution >= 4 is 62.8 Å². The number of ether oxygens (including phenoxy) is 1. The lowest BCUT2D eigenvalue weighted by Gasteiger charge is -2.29. The van der Waals surface area contributed by atoms with Gasteiger partial charge in [0, 0.05) is 0 Å². The summed E-state index contributed by atoms with van der Waals surface area (Å²) < 4.78 is 17.5. The van der Waals surface area contributed by atoms with E-state index in [9.17, 15) is 4.55 Å². The van der Waals surface area contributed by atoms with Crippen molar-refractivity contribution in [3.63, 3.8) is 0 Å². The van der Waals surface area contributed by atoms with Gasteiger partial charge in [0.05, 0.1) is 23.1 Å². The molecule has 28 heavy (non-hydrogen) atoms. The fourth-order valence-electron chi connectivity index (χ4n) is 2.84. The maximum absolute atomic E-state index is 11.7. The van der Waals surface area contributed by atoms with Crippen molar-refractivity contribution in [1.82, 2.24) is 19.9 Å². The summed E-state index contributed by atoms with van der Waals surface area (Å²) in [5, 5.41) is 0.998. The van der Waals surface area contributed by atoms with Gasteiger partial charge in [-0.25, -0.2) is 9.97 Å². The molecular weight excluding hydrogens is 445 g/mol. The Kier molecular flexibility index (Phi) is 5.93. The van der Waals surface area contributed by atoms with Crippen LogP contribution in [0.2, 0.25) is 15.3 Å². The van der Waals surface area contributed by atoms with Crippen LogP contribution in [-0.2, 0) is 17.8 Å². The first-order valence-corrected chi connectivity index (χ1v) is 11.0. The van der Waals surface area contributed by atoms with E-state index in [4.69, 9.17) is 39.5 Å². The van der Waals surface area contributed by atoms with E-state index < -0.39 is 11.2 Å². The minimum atomic E-state index is -0.802. The molecule has 0 bridgehead atoms. The molecule has 2 aromatic heterocycles. The van der Waals surface area contributed by atoms with Crippen molar-refractivity contribution in [2.75, 3.05) is 29.5 Å². The first kappa shape index (κ1) is 19.7. The van der Waals surface area contributed by atoms with Gasteiger partial charge in [-0.3, -0.25) is 0 Å². The molecule has 1 fully saturated rings. The van der Waals surface area contributed by atoms with Crippen molar-refractivity contribution in [3.8, 4) is 5.88 Å². The summed E-state index contributed by atoms with van der Waals surface area (Å²) in [6, 6.07) is 5.26. The zero-order valence-corrected chi connectivity index (χ0v) is 17.5. The molecule has 7 nitrogen and oxygen atoms in total. The summed E-state index contributed by atoms with van der Waals surface area (Å²) in [6.45, 7) is 1.44. The van der Waals surface area contributed by atoms with E-state index >= 15 is 0 Å². The summed E-state index contributed by atoms with van der Waals surface area (Å²) in [7, 11) is 0. The number of hydrogen-bond donors (Lipinski definition) is 0. The highest BCUT2D eigenvalue weighted by molar-refractivity contribution is 7.91. The quantitative estimate of drug-likeness (QED) is 0.436. The number of halogens is 3. The zero-order chi connectivity index (χ0) is 19.7. The fourth-order valence-corrected chi connectivity index (χ4v) is 4.38. The molecule has 3 heterocycles. The van der Waals surface area contributed by atoms with E-state index in [1.165, 1.54) is 6.33 Å². The molecule has 1 aliphatic rings.